The Morgan fingerprint density at radius 2 is 2.10 bits per heavy atom. The van der Waals surface area contributed by atoms with Crippen LogP contribution in [0, 0.1) is 0 Å². The van der Waals surface area contributed by atoms with Gasteiger partial charge in [-0.3, -0.25) is 4.98 Å². The van der Waals surface area contributed by atoms with Gasteiger partial charge in [0.2, 0.25) is 0 Å². The largest absolute Gasteiger partial charge is 0.496 e. The van der Waals surface area contributed by atoms with Crippen LogP contribution in [-0.4, -0.2) is 23.2 Å². The fraction of sp³-hybridized carbons (Fsp3) is 0.250. The highest BCUT2D eigenvalue weighted by atomic mass is 16.5. The van der Waals surface area contributed by atoms with Crippen LogP contribution in [-0.2, 0) is 6.54 Å². The monoisotopic (exact) mass is 286 g/mol. The van der Waals surface area contributed by atoms with Gasteiger partial charge in [0.15, 0.2) is 0 Å². The number of hydrogen-bond acceptors (Lipinski definition) is 4. The minimum absolute atomic E-state index is 0.0992. The third-order valence-electron chi connectivity index (χ3n) is 3.27. The van der Waals surface area contributed by atoms with Crippen molar-refractivity contribution in [2.24, 2.45) is 0 Å². The smallest absolute Gasteiger partial charge is 0.337 e. The molecule has 1 atom stereocenters. The minimum atomic E-state index is -0.968. The second kappa shape index (κ2) is 6.85. The van der Waals surface area contributed by atoms with Crippen molar-refractivity contribution in [2.45, 2.75) is 19.5 Å². The number of hydrogen-bond donors (Lipinski definition) is 2. The van der Waals surface area contributed by atoms with Gasteiger partial charge < -0.3 is 15.2 Å². The van der Waals surface area contributed by atoms with Gasteiger partial charge in [0.05, 0.1) is 18.4 Å². The van der Waals surface area contributed by atoms with Crippen LogP contribution in [0.1, 0.15) is 34.6 Å². The Bertz CT molecular complexity index is 611. The van der Waals surface area contributed by atoms with E-state index in [1.807, 2.05) is 31.2 Å². The Labute approximate surface area is 123 Å². The van der Waals surface area contributed by atoms with Gasteiger partial charge in [-0.05, 0) is 25.1 Å². The van der Waals surface area contributed by atoms with Gasteiger partial charge in [-0.1, -0.05) is 18.2 Å². The number of nitrogens with one attached hydrogen (secondary N) is 1. The maximum absolute atomic E-state index is 10.8. The molecule has 110 valence electrons. The van der Waals surface area contributed by atoms with Crippen molar-refractivity contribution in [3.63, 3.8) is 0 Å². The van der Waals surface area contributed by atoms with E-state index in [0.29, 0.717) is 6.54 Å². The quantitative estimate of drug-likeness (QED) is 0.854. The second-order valence-electron chi connectivity index (χ2n) is 4.69. The molecule has 0 unspecified atom stereocenters. The lowest BCUT2D eigenvalue weighted by atomic mass is 10.1. The molecule has 0 saturated carbocycles. The molecular weight excluding hydrogens is 268 g/mol. The summed E-state index contributed by atoms with van der Waals surface area (Å²) in [4.78, 5) is 14.9. The van der Waals surface area contributed by atoms with Crippen molar-refractivity contribution in [2.75, 3.05) is 7.11 Å². The average Bonchev–Trinajstić information content (AvgIpc) is 2.52. The Balaban J connectivity index is 2.00. The predicted molar refractivity (Wildman–Crippen MR) is 79.4 cm³/mol. The molecule has 1 aromatic carbocycles. The fourth-order valence-corrected chi connectivity index (χ4v) is 2.05. The number of pyridine rings is 1. The summed E-state index contributed by atoms with van der Waals surface area (Å²) in [6.45, 7) is 2.60. The molecule has 1 aromatic heterocycles. The summed E-state index contributed by atoms with van der Waals surface area (Å²) in [6.07, 6.45) is 1.37. The molecule has 2 aromatic rings. The van der Waals surface area contributed by atoms with Gasteiger partial charge in [0.1, 0.15) is 5.75 Å². The number of rotatable bonds is 6. The summed E-state index contributed by atoms with van der Waals surface area (Å²) in [7, 11) is 1.65. The minimum Gasteiger partial charge on any atom is -0.496 e. The van der Waals surface area contributed by atoms with Crippen molar-refractivity contribution >= 4 is 5.97 Å². The van der Waals surface area contributed by atoms with Crippen LogP contribution in [0.4, 0.5) is 0 Å². The van der Waals surface area contributed by atoms with Crippen molar-refractivity contribution in [3.05, 3.63) is 59.4 Å². The van der Waals surface area contributed by atoms with Crippen LogP contribution in [0.25, 0.3) is 0 Å². The van der Waals surface area contributed by atoms with E-state index < -0.39 is 5.97 Å². The number of aromatic carboxylic acids is 1. The van der Waals surface area contributed by atoms with Gasteiger partial charge in [-0.15, -0.1) is 0 Å². The third-order valence-corrected chi connectivity index (χ3v) is 3.27. The van der Waals surface area contributed by atoms with E-state index in [4.69, 9.17) is 9.84 Å². The third kappa shape index (κ3) is 3.79. The second-order valence-corrected chi connectivity index (χ2v) is 4.69. The predicted octanol–water partition coefficient (Wildman–Crippen LogP) is 2.64. The van der Waals surface area contributed by atoms with Crippen LogP contribution in [0.3, 0.4) is 0 Å². The first-order valence-electron chi connectivity index (χ1n) is 6.66. The van der Waals surface area contributed by atoms with E-state index in [-0.39, 0.29) is 11.6 Å². The van der Waals surface area contributed by atoms with Gasteiger partial charge in [-0.25, -0.2) is 4.79 Å². The van der Waals surface area contributed by atoms with E-state index in [0.717, 1.165) is 17.0 Å². The van der Waals surface area contributed by atoms with E-state index in [2.05, 4.69) is 10.3 Å². The summed E-state index contributed by atoms with van der Waals surface area (Å²) in [5.41, 5.74) is 2.06. The highest BCUT2D eigenvalue weighted by Crippen LogP contribution is 2.24. The highest BCUT2D eigenvalue weighted by molar-refractivity contribution is 5.87. The topological polar surface area (TPSA) is 71.5 Å². The van der Waals surface area contributed by atoms with Crippen LogP contribution >= 0.6 is 0 Å². The lowest BCUT2D eigenvalue weighted by molar-refractivity contribution is 0.0696. The molecule has 0 aliphatic heterocycles. The van der Waals surface area contributed by atoms with E-state index in [1.54, 1.807) is 19.2 Å². The molecule has 0 amide bonds. The first kappa shape index (κ1) is 15.0. The van der Waals surface area contributed by atoms with Crippen molar-refractivity contribution in [3.8, 4) is 5.75 Å². The summed E-state index contributed by atoms with van der Waals surface area (Å²) in [5, 5.41) is 12.2. The first-order valence-corrected chi connectivity index (χ1v) is 6.66. The summed E-state index contributed by atoms with van der Waals surface area (Å²) < 4.78 is 5.34. The molecule has 21 heavy (non-hydrogen) atoms. The summed E-state index contributed by atoms with van der Waals surface area (Å²) in [5.74, 6) is -0.129. The normalized spacial score (nSPS) is 11.9. The van der Waals surface area contributed by atoms with E-state index in [1.165, 1.54) is 6.20 Å². The standard InChI is InChI=1S/C16H18N2O3/c1-11(14-5-3-4-6-15(14)21-2)17-10-13-8-7-12(9-18-13)16(19)20/h3-9,11,17H,10H2,1-2H3,(H,19,20)/t11-/m1/s1. The molecule has 5 heteroatoms. The number of carboxylic acids is 1. The van der Waals surface area contributed by atoms with Crippen LogP contribution in [0.15, 0.2) is 42.6 Å². The molecule has 0 bridgehead atoms. The Hall–Kier alpha value is -2.40. The molecule has 2 rings (SSSR count). The van der Waals surface area contributed by atoms with Crippen LogP contribution in [0.2, 0.25) is 0 Å². The number of carboxylic acid groups (broad SMARTS) is 1. The van der Waals surface area contributed by atoms with Crippen LogP contribution in [0.5, 0.6) is 5.75 Å². The van der Waals surface area contributed by atoms with Crippen molar-refractivity contribution in [1.82, 2.24) is 10.3 Å². The number of para-hydroxylation sites is 1. The maximum Gasteiger partial charge on any atom is 0.337 e. The number of nitrogens with zero attached hydrogens (tertiary/aromatic N) is 1. The van der Waals surface area contributed by atoms with E-state index in [9.17, 15) is 4.79 Å². The molecule has 0 fully saturated rings. The van der Waals surface area contributed by atoms with E-state index >= 15 is 0 Å². The first-order chi connectivity index (χ1) is 10.1. The lowest BCUT2D eigenvalue weighted by Crippen LogP contribution is -2.19. The highest BCUT2D eigenvalue weighted by Gasteiger charge is 2.10. The zero-order valence-corrected chi connectivity index (χ0v) is 12.0. The average molecular weight is 286 g/mol. The van der Waals surface area contributed by atoms with Gasteiger partial charge in [-0.2, -0.15) is 0 Å². The molecule has 0 spiro atoms. The molecule has 2 N–H and O–H groups in total. The summed E-state index contributed by atoms with van der Waals surface area (Å²) >= 11 is 0. The molecule has 5 nitrogen and oxygen atoms in total. The molecule has 1 heterocycles. The molecule has 0 saturated heterocycles. The number of ether oxygens (including phenoxy) is 1. The van der Waals surface area contributed by atoms with Gasteiger partial charge in [0, 0.05) is 24.3 Å². The number of methoxy groups -OCH3 is 1. The Morgan fingerprint density at radius 1 is 1.33 bits per heavy atom. The fourth-order valence-electron chi connectivity index (χ4n) is 2.05. The zero-order chi connectivity index (χ0) is 15.2. The number of aromatic nitrogens is 1. The van der Waals surface area contributed by atoms with Crippen molar-refractivity contribution < 1.29 is 14.6 Å². The molecular formula is C16H18N2O3. The van der Waals surface area contributed by atoms with Crippen LogP contribution < -0.4 is 10.1 Å². The molecule has 0 aliphatic rings. The Kier molecular flexibility index (Phi) is 4.90. The summed E-state index contributed by atoms with van der Waals surface area (Å²) in [6, 6.07) is 11.2. The number of carbonyl (C=O) groups is 1. The van der Waals surface area contributed by atoms with Gasteiger partial charge >= 0.3 is 5.97 Å². The zero-order valence-electron chi connectivity index (χ0n) is 12.0. The SMILES string of the molecule is COc1ccccc1[C@@H](C)NCc1ccc(C(=O)O)cn1. The molecule has 0 aliphatic carbocycles. The number of benzene rings is 1. The Morgan fingerprint density at radius 3 is 2.71 bits per heavy atom. The van der Waals surface area contributed by atoms with Crippen molar-refractivity contribution in [1.29, 1.82) is 0 Å². The maximum atomic E-state index is 10.8. The lowest BCUT2D eigenvalue weighted by Gasteiger charge is -2.17. The van der Waals surface area contributed by atoms with Gasteiger partial charge in [0.25, 0.3) is 0 Å². The molecule has 0 radical (unpaired) electrons.